The Labute approximate surface area is 155 Å². The smallest absolute Gasteiger partial charge is 0.110 e. The summed E-state index contributed by atoms with van der Waals surface area (Å²) in [5, 5.41) is 4.82. The second kappa shape index (κ2) is 11.0. The van der Waals surface area contributed by atoms with Crippen LogP contribution in [0.2, 0.25) is 0 Å². The number of halogens is 2. The van der Waals surface area contributed by atoms with E-state index in [0.717, 1.165) is 25.1 Å². The number of nitrogens with zero attached hydrogens (tertiary/aromatic N) is 1. The van der Waals surface area contributed by atoms with Crippen molar-refractivity contribution in [2.45, 2.75) is 46.2 Å². The van der Waals surface area contributed by atoms with E-state index in [1.165, 1.54) is 21.0 Å². The lowest BCUT2D eigenvalue weighted by Gasteiger charge is -2.14. The van der Waals surface area contributed by atoms with Crippen LogP contribution in [0.5, 0.6) is 0 Å². The van der Waals surface area contributed by atoms with Crippen molar-refractivity contribution in [3.8, 4) is 0 Å². The summed E-state index contributed by atoms with van der Waals surface area (Å²) in [6.45, 7) is 8.00. The minimum absolute atomic E-state index is 0. The van der Waals surface area contributed by atoms with Crippen LogP contribution in [0.25, 0.3) is 0 Å². The fourth-order valence-corrected chi connectivity index (χ4v) is 3.37. The summed E-state index contributed by atoms with van der Waals surface area (Å²) >= 11 is 1.80. The van der Waals surface area contributed by atoms with E-state index < -0.39 is 0 Å². The van der Waals surface area contributed by atoms with E-state index in [-0.39, 0.29) is 24.8 Å². The Bertz CT molecular complexity index is 550. The monoisotopic (exact) mass is 375 g/mol. The Hall–Kier alpha value is -0.650. The fraction of sp³-hybridized carbons (Fsp3) is 0.471. The zero-order chi connectivity index (χ0) is 15.2. The average molecular weight is 376 g/mol. The zero-order valence-electron chi connectivity index (χ0n) is 14.0. The molecule has 0 aliphatic rings. The number of thiazole rings is 1. The molecule has 130 valence electrons. The highest BCUT2D eigenvalue weighted by Gasteiger charge is 2.14. The number of benzene rings is 1. The molecule has 0 fully saturated rings. The third kappa shape index (κ3) is 6.40. The highest BCUT2D eigenvalue weighted by molar-refractivity contribution is 7.11. The molecule has 0 radical (unpaired) electrons. The van der Waals surface area contributed by atoms with E-state index >= 15 is 0 Å². The molecule has 3 N–H and O–H groups in total. The van der Waals surface area contributed by atoms with Gasteiger partial charge >= 0.3 is 0 Å². The maximum atomic E-state index is 5.58. The van der Waals surface area contributed by atoms with Crippen molar-refractivity contribution in [3.05, 3.63) is 51.0 Å². The highest BCUT2D eigenvalue weighted by Crippen LogP contribution is 2.25. The number of aryl methyl sites for hydroxylation is 2. The fourth-order valence-electron chi connectivity index (χ4n) is 2.28. The number of nitrogens with two attached hydrogens (primary N) is 1. The van der Waals surface area contributed by atoms with Crippen molar-refractivity contribution in [2.75, 3.05) is 6.54 Å². The van der Waals surface area contributed by atoms with Crippen LogP contribution in [-0.4, -0.2) is 11.5 Å². The summed E-state index contributed by atoms with van der Waals surface area (Å²) in [5.74, 6) is 0. The van der Waals surface area contributed by atoms with Gasteiger partial charge in [0.25, 0.3) is 0 Å². The van der Waals surface area contributed by atoms with Gasteiger partial charge in [-0.3, -0.25) is 0 Å². The van der Waals surface area contributed by atoms with Crippen molar-refractivity contribution in [1.82, 2.24) is 10.3 Å². The number of hydrogen-bond acceptors (Lipinski definition) is 4. The molecule has 1 aromatic carbocycles. The molecule has 1 heterocycles. The molecule has 0 bridgehead atoms. The molecule has 0 aliphatic heterocycles. The summed E-state index contributed by atoms with van der Waals surface area (Å²) < 4.78 is 0. The van der Waals surface area contributed by atoms with Crippen LogP contribution in [0.1, 0.15) is 46.1 Å². The molecule has 1 unspecified atom stereocenters. The maximum Gasteiger partial charge on any atom is 0.110 e. The first-order valence-electron chi connectivity index (χ1n) is 7.59. The predicted molar refractivity (Wildman–Crippen MR) is 105 cm³/mol. The van der Waals surface area contributed by atoms with Crippen molar-refractivity contribution >= 4 is 36.2 Å². The van der Waals surface area contributed by atoms with E-state index in [2.05, 4.69) is 55.3 Å². The molecule has 0 amide bonds. The molecule has 2 aromatic rings. The number of aromatic nitrogens is 1. The van der Waals surface area contributed by atoms with Crippen LogP contribution < -0.4 is 11.1 Å². The van der Waals surface area contributed by atoms with Crippen molar-refractivity contribution < 1.29 is 0 Å². The second-order valence-corrected chi connectivity index (χ2v) is 6.63. The lowest BCUT2D eigenvalue weighted by molar-refractivity contribution is 0.516. The van der Waals surface area contributed by atoms with Crippen LogP contribution in [0.4, 0.5) is 0 Å². The Kier molecular flexibility index (Phi) is 10.7. The quantitative estimate of drug-likeness (QED) is 0.756. The van der Waals surface area contributed by atoms with E-state index in [1.54, 1.807) is 11.3 Å². The van der Waals surface area contributed by atoms with Crippen LogP contribution in [-0.2, 0) is 13.0 Å². The normalized spacial score (nSPS) is 11.5. The lowest BCUT2D eigenvalue weighted by Crippen LogP contribution is -2.20. The molecule has 0 spiro atoms. The second-order valence-electron chi connectivity index (χ2n) is 5.39. The summed E-state index contributed by atoms with van der Waals surface area (Å²) in [4.78, 5) is 5.99. The third-order valence-electron chi connectivity index (χ3n) is 3.76. The third-order valence-corrected chi connectivity index (χ3v) is 4.95. The molecule has 1 aromatic heterocycles. The van der Waals surface area contributed by atoms with Gasteiger partial charge in [0, 0.05) is 11.4 Å². The van der Waals surface area contributed by atoms with Crippen molar-refractivity contribution in [2.24, 2.45) is 5.73 Å². The molecular weight excluding hydrogens is 349 g/mol. The summed E-state index contributed by atoms with van der Waals surface area (Å²) in [6.07, 6.45) is 2.00. The Morgan fingerprint density at radius 1 is 1.13 bits per heavy atom. The SMILES string of the molecule is CCC(NCc1ccc(CCN)cc1)c1nc(C)c(C)s1.Cl.Cl. The molecule has 0 saturated carbocycles. The minimum atomic E-state index is 0. The summed E-state index contributed by atoms with van der Waals surface area (Å²) in [7, 11) is 0. The van der Waals surface area contributed by atoms with Gasteiger partial charge in [-0.15, -0.1) is 36.2 Å². The van der Waals surface area contributed by atoms with E-state index in [0.29, 0.717) is 12.6 Å². The topological polar surface area (TPSA) is 50.9 Å². The van der Waals surface area contributed by atoms with Crippen molar-refractivity contribution in [1.29, 1.82) is 0 Å². The lowest BCUT2D eigenvalue weighted by atomic mass is 10.1. The number of hydrogen-bond donors (Lipinski definition) is 2. The van der Waals surface area contributed by atoms with Crippen LogP contribution >= 0.6 is 36.2 Å². The summed E-state index contributed by atoms with van der Waals surface area (Å²) in [6, 6.07) is 9.04. The molecule has 1 atom stereocenters. The first kappa shape index (κ1) is 22.4. The Balaban J connectivity index is 0.00000242. The van der Waals surface area contributed by atoms with Gasteiger partial charge < -0.3 is 11.1 Å². The Morgan fingerprint density at radius 2 is 1.74 bits per heavy atom. The molecule has 0 aliphatic carbocycles. The van der Waals surface area contributed by atoms with Gasteiger partial charge in [-0.05, 0) is 44.4 Å². The minimum Gasteiger partial charge on any atom is -0.330 e. The molecule has 3 nitrogen and oxygen atoms in total. The molecule has 6 heteroatoms. The van der Waals surface area contributed by atoms with Crippen molar-refractivity contribution in [3.63, 3.8) is 0 Å². The Morgan fingerprint density at radius 3 is 2.22 bits per heavy atom. The van der Waals surface area contributed by atoms with Gasteiger partial charge in [0.15, 0.2) is 0 Å². The van der Waals surface area contributed by atoms with Gasteiger partial charge in [0.2, 0.25) is 0 Å². The average Bonchev–Trinajstić information content (AvgIpc) is 2.81. The van der Waals surface area contributed by atoms with E-state index in [1.807, 2.05) is 0 Å². The van der Waals surface area contributed by atoms with E-state index in [9.17, 15) is 0 Å². The van der Waals surface area contributed by atoms with Crippen LogP contribution in [0.15, 0.2) is 24.3 Å². The first-order valence-corrected chi connectivity index (χ1v) is 8.40. The van der Waals surface area contributed by atoms with Gasteiger partial charge in [-0.1, -0.05) is 31.2 Å². The molecule has 23 heavy (non-hydrogen) atoms. The highest BCUT2D eigenvalue weighted by atomic mass is 35.5. The predicted octanol–water partition coefficient (Wildman–Crippen LogP) is 4.35. The van der Waals surface area contributed by atoms with Crippen LogP contribution in [0, 0.1) is 13.8 Å². The van der Waals surface area contributed by atoms with Crippen LogP contribution in [0.3, 0.4) is 0 Å². The van der Waals surface area contributed by atoms with Gasteiger partial charge in [0.1, 0.15) is 5.01 Å². The standard InChI is InChI=1S/C17H25N3S.2ClH/c1-4-16(17-20-12(2)13(3)21-17)19-11-15-7-5-14(6-8-15)9-10-18;;/h5-8,16,19H,4,9-11,18H2,1-3H3;2*1H. The number of rotatable bonds is 7. The first-order chi connectivity index (χ1) is 10.1. The zero-order valence-corrected chi connectivity index (χ0v) is 16.4. The molecule has 2 rings (SSSR count). The molecule has 0 saturated heterocycles. The summed E-state index contributed by atoms with van der Waals surface area (Å²) in [5.41, 5.74) is 9.34. The maximum absolute atomic E-state index is 5.58. The van der Waals surface area contributed by atoms with Gasteiger partial charge in [-0.2, -0.15) is 0 Å². The number of nitrogens with one attached hydrogen (secondary N) is 1. The van der Waals surface area contributed by atoms with Gasteiger partial charge in [-0.25, -0.2) is 4.98 Å². The molecular formula is C17H27Cl2N3S. The van der Waals surface area contributed by atoms with Gasteiger partial charge in [0.05, 0.1) is 11.7 Å². The van der Waals surface area contributed by atoms with E-state index in [4.69, 9.17) is 5.73 Å². The largest absolute Gasteiger partial charge is 0.330 e.